The topological polar surface area (TPSA) is 39.7 Å². The molecule has 1 aromatic rings. The third-order valence-electron chi connectivity index (χ3n) is 4.46. The molecule has 4 nitrogen and oxygen atoms in total. The zero-order chi connectivity index (χ0) is 17.1. The minimum absolute atomic E-state index is 0.336. The van der Waals surface area contributed by atoms with Crippen molar-refractivity contribution in [2.24, 2.45) is 0 Å². The molecule has 0 saturated carbocycles. The summed E-state index contributed by atoms with van der Waals surface area (Å²) in [5.74, 6) is 0.874. The first-order valence-electron chi connectivity index (χ1n) is 8.22. The van der Waals surface area contributed by atoms with E-state index < -0.39 is 0 Å². The molecule has 1 aliphatic heterocycles. The monoisotopic (exact) mass is 317 g/mol. The third kappa shape index (κ3) is 4.16. The Labute approximate surface area is 140 Å². The van der Waals surface area contributed by atoms with Crippen molar-refractivity contribution in [1.29, 1.82) is 0 Å². The molecule has 1 aromatic carbocycles. The van der Waals surface area contributed by atoms with E-state index in [1.54, 1.807) is 0 Å². The molecule has 0 spiro atoms. The number of ether oxygens (including phenoxy) is 1. The van der Waals surface area contributed by atoms with Crippen molar-refractivity contribution in [3.63, 3.8) is 0 Å². The van der Waals surface area contributed by atoms with Crippen LogP contribution in [0.5, 0.6) is 5.75 Å². The quantitative estimate of drug-likeness (QED) is 0.817. The second-order valence-corrected chi connectivity index (χ2v) is 6.84. The van der Waals surface area contributed by atoms with Crippen LogP contribution in [-0.2, 0) is 9.31 Å². The summed E-state index contributed by atoms with van der Waals surface area (Å²) in [4.78, 5) is 0. The van der Waals surface area contributed by atoms with E-state index in [2.05, 4.69) is 45.2 Å². The lowest BCUT2D eigenvalue weighted by Crippen LogP contribution is -2.41. The average Bonchev–Trinajstić information content (AvgIpc) is 2.68. The van der Waals surface area contributed by atoms with E-state index in [0.29, 0.717) is 13.2 Å². The van der Waals surface area contributed by atoms with Crippen molar-refractivity contribution >= 4 is 13.2 Å². The van der Waals surface area contributed by atoms with Crippen molar-refractivity contribution < 1.29 is 14.0 Å². The van der Waals surface area contributed by atoms with Gasteiger partial charge in [-0.15, -0.1) is 0 Å². The molecule has 0 aliphatic carbocycles. The number of benzene rings is 1. The number of nitrogens with one attached hydrogen (secondary N) is 1. The number of hydrogen-bond donors (Lipinski definition) is 1. The Morgan fingerprint density at radius 2 is 1.87 bits per heavy atom. The molecule has 0 bridgehead atoms. The largest absolute Gasteiger partial charge is 0.494 e. The Balaban J connectivity index is 2.27. The molecular weight excluding hydrogens is 289 g/mol. The highest BCUT2D eigenvalue weighted by Gasteiger charge is 2.52. The summed E-state index contributed by atoms with van der Waals surface area (Å²) in [6.45, 7) is 11.6. The van der Waals surface area contributed by atoms with Crippen LogP contribution in [0.3, 0.4) is 0 Å². The maximum Gasteiger partial charge on any atom is 0.491 e. The number of hydrogen-bond acceptors (Lipinski definition) is 4. The highest BCUT2D eigenvalue weighted by molar-refractivity contribution is 6.55. The van der Waals surface area contributed by atoms with Gasteiger partial charge in [0.1, 0.15) is 5.75 Å². The van der Waals surface area contributed by atoms with Crippen molar-refractivity contribution in [3.8, 4) is 5.75 Å². The van der Waals surface area contributed by atoms with Crippen LogP contribution in [0.15, 0.2) is 29.7 Å². The average molecular weight is 317 g/mol. The van der Waals surface area contributed by atoms with Gasteiger partial charge >= 0.3 is 7.12 Å². The second kappa shape index (κ2) is 7.08. The van der Waals surface area contributed by atoms with E-state index in [4.69, 9.17) is 14.0 Å². The van der Waals surface area contributed by atoms with Gasteiger partial charge in [-0.25, -0.2) is 0 Å². The van der Waals surface area contributed by atoms with Crippen molar-refractivity contribution in [3.05, 3.63) is 35.3 Å². The molecule has 126 valence electrons. The molecular formula is C18H28BNO3. The lowest BCUT2D eigenvalue weighted by molar-refractivity contribution is 0.00578. The zero-order valence-corrected chi connectivity index (χ0v) is 15.1. The van der Waals surface area contributed by atoms with Gasteiger partial charge in [0.25, 0.3) is 0 Å². The van der Waals surface area contributed by atoms with Crippen LogP contribution in [0.4, 0.5) is 0 Å². The normalized spacial score (nSPS) is 19.9. The number of likely N-dealkylation sites (N-methyl/N-ethyl adjacent to an activating group) is 1. The van der Waals surface area contributed by atoms with Gasteiger partial charge in [-0.05, 0) is 64.8 Å². The molecule has 1 saturated heterocycles. The summed E-state index contributed by atoms with van der Waals surface area (Å²) in [5.41, 5.74) is 1.48. The van der Waals surface area contributed by atoms with E-state index in [9.17, 15) is 0 Å². The molecule has 23 heavy (non-hydrogen) atoms. The van der Waals surface area contributed by atoms with Gasteiger partial charge in [0.2, 0.25) is 0 Å². The Kier molecular flexibility index (Phi) is 5.55. The first kappa shape index (κ1) is 18.0. The van der Waals surface area contributed by atoms with Gasteiger partial charge in [0.15, 0.2) is 0 Å². The minimum Gasteiger partial charge on any atom is -0.494 e. The zero-order valence-electron chi connectivity index (χ0n) is 15.1. The fourth-order valence-electron chi connectivity index (χ4n) is 2.48. The predicted octanol–water partition coefficient (Wildman–Crippen LogP) is 3.32. The summed E-state index contributed by atoms with van der Waals surface area (Å²) in [6, 6.07) is 8.05. The van der Waals surface area contributed by atoms with Crippen LogP contribution in [0.2, 0.25) is 0 Å². The van der Waals surface area contributed by atoms with Crippen LogP contribution < -0.4 is 10.1 Å². The van der Waals surface area contributed by atoms with Gasteiger partial charge in [-0.3, -0.25) is 0 Å². The molecule has 1 aliphatic rings. The summed E-state index contributed by atoms with van der Waals surface area (Å²) in [5, 5.41) is 3.20. The van der Waals surface area contributed by atoms with E-state index in [1.807, 2.05) is 32.2 Å². The van der Waals surface area contributed by atoms with Crippen LogP contribution in [-0.4, -0.2) is 38.5 Å². The standard InChI is InChI=1S/C18H28BNO3/c1-7-21-16-10-8-9-14(12-16)11-15(13-20-6)19-22-17(2,3)18(4,5)23-19/h8-12,20H,7,13H2,1-6H3. The Hall–Kier alpha value is -1.30. The van der Waals surface area contributed by atoms with E-state index >= 15 is 0 Å². The molecule has 0 amide bonds. The fraction of sp³-hybridized carbons (Fsp3) is 0.556. The fourth-order valence-corrected chi connectivity index (χ4v) is 2.48. The van der Waals surface area contributed by atoms with E-state index in [1.165, 1.54) is 0 Å². The highest BCUT2D eigenvalue weighted by atomic mass is 16.7. The lowest BCUT2D eigenvalue weighted by atomic mass is 9.77. The van der Waals surface area contributed by atoms with Crippen molar-refractivity contribution in [1.82, 2.24) is 5.32 Å². The molecule has 1 N–H and O–H groups in total. The van der Waals surface area contributed by atoms with Gasteiger partial charge < -0.3 is 19.4 Å². The Morgan fingerprint density at radius 1 is 1.22 bits per heavy atom. The van der Waals surface area contributed by atoms with Crippen LogP contribution in [0, 0.1) is 0 Å². The van der Waals surface area contributed by atoms with Crippen LogP contribution >= 0.6 is 0 Å². The lowest BCUT2D eigenvalue weighted by Gasteiger charge is -2.32. The van der Waals surface area contributed by atoms with Crippen LogP contribution in [0.25, 0.3) is 6.08 Å². The van der Waals surface area contributed by atoms with E-state index in [-0.39, 0.29) is 18.3 Å². The molecule has 5 heteroatoms. The molecule has 0 radical (unpaired) electrons. The van der Waals surface area contributed by atoms with Gasteiger partial charge in [-0.2, -0.15) is 0 Å². The molecule has 1 fully saturated rings. The summed E-state index contributed by atoms with van der Waals surface area (Å²) < 4.78 is 17.9. The summed E-state index contributed by atoms with van der Waals surface area (Å²) in [6.07, 6.45) is 2.11. The summed E-state index contributed by atoms with van der Waals surface area (Å²) >= 11 is 0. The Morgan fingerprint density at radius 3 is 2.43 bits per heavy atom. The van der Waals surface area contributed by atoms with Crippen LogP contribution in [0.1, 0.15) is 40.2 Å². The van der Waals surface area contributed by atoms with Gasteiger partial charge in [0, 0.05) is 6.54 Å². The third-order valence-corrected chi connectivity index (χ3v) is 4.46. The molecule has 0 unspecified atom stereocenters. The predicted molar refractivity (Wildman–Crippen MR) is 95.6 cm³/mol. The Bertz CT molecular complexity index is 553. The van der Waals surface area contributed by atoms with Crippen molar-refractivity contribution in [2.75, 3.05) is 20.2 Å². The highest BCUT2D eigenvalue weighted by Crippen LogP contribution is 2.38. The maximum absolute atomic E-state index is 6.17. The van der Waals surface area contributed by atoms with Gasteiger partial charge in [0.05, 0.1) is 17.8 Å². The maximum atomic E-state index is 6.17. The SMILES string of the molecule is CCOc1cccc(C=C(CNC)B2OC(C)(C)C(C)(C)O2)c1. The van der Waals surface area contributed by atoms with Crippen molar-refractivity contribution in [2.45, 2.75) is 45.8 Å². The molecule has 2 rings (SSSR count). The first-order valence-corrected chi connectivity index (χ1v) is 8.22. The van der Waals surface area contributed by atoms with E-state index in [0.717, 1.165) is 16.8 Å². The van der Waals surface area contributed by atoms with Gasteiger partial charge in [-0.1, -0.05) is 18.2 Å². The molecule has 1 heterocycles. The molecule has 0 aromatic heterocycles. The molecule has 0 atom stereocenters. The second-order valence-electron chi connectivity index (χ2n) is 6.84. The smallest absolute Gasteiger partial charge is 0.491 e. The first-order chi connectivity index (χ1) is 10.8. The minimum atomic E-state index is -0.344. The summed E-state index contributed by atoms with van der Waals surface area (Å²) in [7, 11) is 1.58. The number of rotatable bonds is 6.